The van der Waals surface area contributed by atoms with E-state index in [0.29, 0.717) is 19.3 Å². The van der Waals surface area contributed by atoms with Crippen molar-refractivity contribution in [3.05, 3.63) is 109 Å². The molecule has 0 saturated carbocycles. The quantitative estimate of drug-likeness (QED) is 0.0261. The van der Waals surface area contributed by atoms with Crippen LogP contribution in [0.25, 0.3) is 0 Å². The van der Waals surface area contributed by atoms with Crippen LogP contribution in [0.15, 0.2) is 109 Å². The highest BCUT2D eigenvalue weighted by molar-refractivity contribution is 5.71. The number of unbranched alkanes of at least 4 members (excludes halogenated alkanes) is 34. The summed E-state index contributed by atoms with van der Waals surface area (Å²) in [5, 5.41) is 0. The maximum Gasteiger partial charge on any atom is 0.306 e. The largest absolute Gasteiger partial charge is 0.462 e. The Hall–Kier alpha value is -3.93. The smallest absolute Gasteiger partial charge is 0.306 e. The molecule has 0 aromatic carbocycles. The molecule has 1 atom stereocenters. The molecule has 0 radical (unpaired) electrons. The van der Waals surface area contributed by atoms with Crippen LogP contribution in [-0.2, 0) is 28.6 Å². The molecule has 0 bridgehead atoms. The Morgan fingerprint density at radius 1 is 0.256 bits per heavy atom. The van der Waals surface area contributed by atoms with Crippen molar-refractivity contribution in [3.63, 3.8) is 0 Å². The second-order valence-corrected chi connectivity index (χ2v) is 23.1. The van der Waals surface area contributed by atoms with Crippen molar-refractivity contribution < 1.29 is 28.6 Å². The van der Waals surface area contributed by atoms with Crippen molar-refractivity contribution in [1.82, 2.24) is 0 Å². The number of esters is 3. The molecule has 6 heteroatoms. The zero-order valence-corrected chi connectivity index (χ0v) is 54.0. The summed E-state index contributed by atoms with van der Waals surface area (Å²) in [5.74, 6) is -0.878. The molecule has 0 fully saturated rings. The van der Waals surface area contributed by atoms with Gasteiger partial charge in [-0.25, -0.2) is 0 Å². The standard InChI is InChI=1S/C76H130O6/c1-4-7-10-13-16-19-22-25-27-29-30-31-32-33-34-35-36-37-38-39-40-41-42-43-44-45-46-47-49-51-54-57-60-63-66-69-75(78)81-72-73(71-80-74(77)68-65-62-59-56-53-50-24-21-18-15-12-9-6-3)82-76(79)70-67-64-61-58-55-52-48-28-26-23-20-17-14-11-8-5-2/h7,10,16,19,25,27-28,30-31,33-34,36-37,39-40,42-43,48,73H,4-6,8-9,11-15,17-18,20-24,26,29,32,35,38,41,44-47,49-72H2,1-3H3/b10-7-,19-16-,27-25-,31-30-,34-33-,37-36-,40-39-,43-42-,48-28-. The minimum absolute atomic E-state index is 0.0784. The Labute approximate surface area is 508 Å². The van der Waals surface area contributed by atoms with E-state index < -0.39 is 6.10 Å². The summed E-state index contributed by atoms with van der Waals surface area (Å²) in [5.41, 5.74) is 0. The van der Waals surface area contributed by atoms with Crippen molar-refractivity contribution in [2.45, 2.75) is 341 Å². The second-order valence-electron chi connectivity index (χ2n) is 23.1. The van der Waals surface area contributed by atoms with Gasteiger partial charge in [0.2, 0.25) is 0 Å². The van der Waals surface area contributed by atoms with Crippen LogP contribution in [0.5, 0.6) is 0 Å². The Balaban J connectivity index is 4.22. The molecule has 0 saturated heterocycles. The van der Waals surface area contributed by atoms with Gasteiger partial charge in [-0.3, -0.25) is 14.4 Å². The third kappa shape index (κ3) is 66.9. The van der Waals surface area contributed by atoms with Gasteiger partial charge in [0.05, 0.1) is 0 Å². The third-order valence-electron chi connectivity index (χ3n) is 15.0. The summed E-state index contributed by atoms with van der Waals surface area (Å²) in [6.45, 7) is 6.54. The fourth-order valence-electron chi connectivity index (χ4n) is 9.81. The Morgan fingerprint density at radius 3 is 0.756 bits per heavy atom. The van der Waals surface area contributed by atoms with Gasteiger partial charge in [-0.05, 0) is 109 Å². The van der Waals surface area contributed by atoms with Gasteiger partial charge >= 0.3 is 17.9 Å². The third-order valence-corrected chi connectivity index (χ3v) is 15.0. The fourth-order valence-corrected chi connectivity index (χ4v) is 9.81. The molecule has 0 aliphatic carbocycles. The summed E-state index contributed by atoms with van der Waals surface area (Å²) in [6, 6.07) is 0. The van der Waals surface area contributed by atoms with Gasteiger partial charge < -0.3 is 14.2 Å². The molecule has 0 rings (SSSR count). The first-order chi connectivity index (χ1) is 40.5. The molecule has 470 valence electrons. The van der Waals surface area contributed by atoms with Gasteiger partial charge in [0.25, 0.3) is 0 Å². The van der Waals surface area contributed by atoms with Gasteiger partial charge in [-0.1, -0.05) is 316 Å². The van der Waals surface area contributed by atoms with Crippen LogP contribution in [-0.4, -0.2) is 37.2 Å². The van der Waals surface area contributed by atoms with Gasteiger partial charge in [0.15, 0.2) is 6.10 Å². The first kappa shape index (κ1) is 78.1. The molecule has 0 heterocycles. The monoisotopic (exact) mass is 1140 g/mol. The van der Waals surface area contributed by atoms with Crippen molar-refractivity contribution >= 4 is 17.9 Å². The lowest BCUT2D eigenvalue weighted by molar-refractivity contribution is -0.167. The molecule has 0 N–H and O–H groups in total. The van der Waals surface area contributed by atoms with Gasteiger partial charge in [0.1, 0.15) is 13.2 Å². The fraction of sp³-hybridized carbons (Fsp3) is 0.724. The molecular formula is C76H130O6. The number of ether oxygens (including phenoxy) is 3. The molecule has 0 aliphatic heterocycles. The molecule has 0 aromatic rings. The number of carbonyl (C=O) groups is 3. The highest BCUT2D eigenvalue weighted by atomic mass is 16.6. The predicted octanol–water partition coefficient (Wildman–Crippen LogP) is 24.2. The van der Waals surface area contributed by atoms with E-state index in [1.54, 1.807) is 0 Å². The maximum absolute atomic E-state index is 12.9. The zero-order chi connectivity index (χ0) is 59.2. The van der Waals surface area contributed by atoms with Gasteiger partial charge in [-0.2, -0.15) is 0 Å². The molecule has 0 spiro atoms. The summed E-state index contributed by atoms with van der Waals surface area (Å²) in [6.07, 6.45) is 95.4. The van der Waals surface area contributed by atoms with Crippen LogP contribution in [0.4, 0.5) is 0 Å². The van der Waals surface area contributed by atoms with Crippen molar-refractivity contribution in [2.24, 2.45) is 0 Å². The van der Waals surface area contributed by atoms with Gasteiger partial charge in [-0.15, -0.1) is 0 Å². The average Bonchev–Trinajstić information content (AvgIpc) is 3.47. The van der Waals surface area contributed by atoms with Crippen LogP contribution in [0, 0.1) is 0 Å². The SMILES string of the molecule is CC/C=C\C/C=C\C/C=C\C/C=C\C/C=C\C/C=C\C/C=C\C/C=C\CCCCCCCCCCCCC(=O)OCC(COC(=O)CCCCCCCCCCCCCCC)OC(=O)CCCCCCC/C=C\CCCCCCCCC. The van der Waals surface area contributed by atoms with E-state index in [0.717, 1.165) is 122 Å². The van der Waals surface area contributed by atoms with Crippen LogP contribution >= 0.6 is 0 Å². The number of rotatable bonds is 63. The lowest BCUT2D eigenvalue weighted by Gasteiger charge is -2.18. The van der Waals surface area contributed by atoms with E-state index in [1.165, 1.54) is 173 Å². The van der Waals surface area contributed by atoms with E-state index in [1.807, 2.05) is 0 Å². The van der Waals surface area contributed by atoms with E-state index in [9.17, 15) is 14.4 Å². The maximum atomic E-state index is 12.9. The molecular weight excluding hydrogens is 1010 g/mol. The highest BCUT2D eigenvalue weighted by Crippen LogP contribution is 2.17. The lowest BCUT2D eigenvalue weighted by Crippen LogP contribution is -2.30. The Bertz CT molecular complexity index is 1640. The van der Waals surface area contributed by atoms with Crippen LogP contribution < -0.4 is 0 Å². The molecule has 0 amide bonds. The minimum atomic E-state index is -0.783. The summed E-state index contributed by atoms with van der Waals surface area (Å²) in [4.78, 5) is 38.3. The summed E-state index contributed by atoms with van der Waals surface area (Å²) in [7, 11) is 0. The first-order valence-electron chi connectivity index (χ1n) is 34.9. The van der Waals surface area contributed by atoms with Crippen molar-refractivity contribution in [3.8, 4) is 0 Å². The number of allylic oxidation sites excluding steroid dienone is 18. The van der Waals surface area contributed by atoms with E-state index >= 15 is 0 Å². The average molecular weight is 1140 g/mol. The van der Waals surface area contributed by atoms with Crippen LogP contribution in [0.2, 0.25) is 0 Å². The van der Waals surface area contributed by atoms with Gasteiger partial charge in [0, 0.05) is 19.3 Å². The molecule has 82 heavy (non-hydrogen) atoms. The minimum Gasteiger partial charge on any atom is -0.462 e. The molecule has 0 aliphatic rings. The van der Waals surface area contributed by atoms with E-state index in [2.05, 4.69) is 130 Å². The number of carbonyl (C=O) groups excluding carboxylic acids is 3. The first-order valence-corrected chi connectivity index (χ1v) is 34.9. The summed E-state index contributed by atoms with van der Waals surface area (Å²) < 4.78 is 16.9. The van der Waals surface area contributed by atoms with Crippen LogP contribution in [0.3, 0.4) is 0 Å². The molecule has 1 unspecified atom stereocenters. The van der Waals surface area contributed by atoms with Crippen LogP contribution in [0.1, 0.15) is 335 Å². The van der Waals surface area contributed by atoms with E-state index in [-0.39, 0.29) is 31.1 Å². The number of hydrogen-bond acceptors (Lipinski definition) is 6. The van der Waals surface area contributed by atoms with Crippen molar-refractivity contribution in [2.75, 3.05) is 13.2 Å². The zero-order valence-electron chi connectivity index (χ0n) is 54.0. The molecule has 6 nitrogen and oxygen atoms in total. The predicted molar refractivity (Wildman–Crippen MR) is 357 cm³/mol. The molecule has 0 aromatic heterocycles. The van der Waals surface area contributed by atoms with Crippen molar-refractivity contribution in [1.29, 1.82) is 0 Å². The second kappa shape index (κ2) is 69.6. The normalized spacial score (nSPS) is 12.8. The lowest BCUT2D eigenvalue weighted by atomic mass is 10.0. The van der Waals surface area contributed by atoms with E-state index in [4.69, 9.17) is 14.2 Å². The highest BCUT2D eigenvalue weighted by Gasteiger charge is 2.19. The number of hydrogen-bond donors (Lipinski definition) is 0. The topological polar surface area (TPSA) is 78.9 Å². The summed E-state index contributed by atoms with van der Waals surface area (Å²) >= 11 is 0. The Morgan fingerprint density at radius 2 is 0.476 bits per heavy atom. The Kier molecular flexibility index (Phi) is 66.2.